The van der Waals surface area contributed by atoms with Gasteiger partial charge in [0.05, 0.1) is 0 Å². The summed E-state index contributed by atoms with van der Waals surface area (Å²) in [6.07, 6.45) is 0. The third-order valence-corrected chi connectivity index (χ3v) is 3.94. The molecule has 0 radical (unpaired) electrons. The van der Waals surface area contributed by atoms with Gasteiger partial charge in [-0.15, -0.1) is 11.3 Å². The minimum atomic E-state index is -0.645. The first-order chi connectivity index (χ1) is 11.1. The molecule has 4 amide bonds. The van der Waals surface area contributed by atoms with Gasteiger partial charge in [0.25, 0.3) is 5.91 Å². The van der Waals surface area contributed by atoms with Crippen LogP contribution in [0.5, 0.6) is 5.75 Å². The molecule has 0 aliphatic carbocycles. The standard InChI is InChI=1S/C15H13N3O4S/c19-13-8-18(15(21)16-13)17-14(20)10-3-1-4-11(7-10)22-9-12-5-2-6-23-12/h1-7H,8-9H2,(H,17,20)(H,16,19,21). The average molecular weight is 331 g/mol. The van der Waals surface area contributed by atoms with Crippen LogP contribution >= 0.6 is 11.3 Å². The highest BCUT2D eigenvalue weighted by atomic mass is 32.1. The van der Waals surface area contributed by atoms with E-state index in [0.717, 1.165) is 9.89 Å². The number of benzene rings is 1. The van der Waals surface area contributed by atoms with Gasteiger partial charge in [0, 0.05) is 10.4 Å². The zero-order chi connectivity index (χ0) is 16.2. The molecule has 1 aliphatic rings. The molecule has 3 rings (SSSR count). The molecule has 0 saturated carbocycles. The Kier molecular flexibility index (Phi) is 4.24. The van der Waals surface area contributed by atoms with Gasteiger partial charge >= 0.3 is 6.03 Å². The number of ether oxygens (including phenoxy) is 1. The summed E-state index contributed by atoms with van der Waals surface area (Å²) in [4.78, 5) is 35.7. The number of hydrogen-bond acceptors (Lipinski definition) is 5. The van der Waals surface area contributed by atoms with Crippen molar-refractivity contribution in [1.82, 2.24) is 15.8 Å². The highest BCUT2D eigenvalue weighted by Gasteiger charge is 2.28. The Bertz CT molecular complexity index is 745. The number of rotatable bonds is 5. The number of hydrazine groups is 1. The van der Waals surface area contributed by atoms with Gasteiger partial charge in [-0.05, 0) is 29.6 Å². The van der Waals surface area contributed by atoms with Crippen molar-refractivity contribution in [3.8, 4) is 5.75 Å². The van der Waals surface area contributed by atoms with Crippen molar-refractivity contribution in [2.45, 2.75) is 6.61 Å². The summed E-state index contributed by atoms with van der Waals surface area (Å²) in [6.45, 7) is 0.227. The van der Waals surface area contributed by atoms with Gasteiger partial charge in [-0.25, -0.2) is 9.80 Å². The molecular formula is C15H13N3O4S. The third kappa shape index (κ3) is 3.67. The second kappa shape index (κ2) is 6.49. The molecule has 2 N–H and O–H groups in total. The molecule has 7 nitrogen and oxygen atoms in total. The van der Waals surface area contributed by atoms with Crippen molar-refractivity contribution in [3.63, 3.8) is 0 Å². The first-order valence-corrected chi connectivity index (χ1v) is 7.67. The maximum Gasteiger partial charge on any atom is 0.343 e. The molecule has 0 atom stereocenters. The molecule has 0 unspecified atom stereocenters. The lowest BCUT2D eigenvalue weighted by Crippen LogP contribution is -2.44. The van der Waals surface area contributed by atoms with Crippen molar-refractivity contribution in [2.75, 3.05) is 6.54 Å². The Labute approximate surface area is 135 Å². The highest BCUT2D eigenvalue weighted by molar-refractivity contribution is 7.09. The lowest BCUT2D eigenvalue weighted by atomic mass is 10.2. The van der Waals surface area contributed by atoms with E-state index < -0.39 is 17.8 Å². The molecule has 118 valence electrons. The zero-order valence-corrected chi connectivity index (χ0v) is 12.8. The Balaban J connectivity index is 1.63. The van der Waals surface area contributed by atoms with Crippen LogP contribution in [-0.4, -0.2) is 29.4 Å². The molecule has 0 bridgehead atoms. The first kappa shape index (κ1) is 15.0. The molecular weight excluding hydrogens is 318 g/mol. The van der Waals surface area contributed by atoms with Crippen molar-refractivity contribution >= 4 is 29.2 Å². The molecule has 1 fully saturated rings. The lowest BCUT2D eigenvalue weighted by Gasteiger charge is -2.14. The molecule has 1 aromatic carbocycles. The SMILES string of the molecule is O=C1CN(NC(=O)c2cccc(OCc3cccs3)c2)C(=O)N1. The predicted octanol–water partition coefficient (Wildman–Crippen LogP) is 1.52. The van der Waals surface area contributed by atoms with Gasteiger partial charge in [0.15, 0.2) is 0 Å². The van der Waals surface area contributed by atoms with Crippen molar-refractivity contribution in [1.29, 1.82) is 0 Å². The topological polar surface area (TPSA) is 87.7 Å². The van der Waals surface area contributed by atoms with Gasteiger partial charge in [-0.2, -0.15) is 0 Å². The van der Waals surface area contributed by atoms with Crippen LogP contribution in [0.4, 0.5) is 4.79 Å². The first-order valence-electron chi connectivity index (χ1n) is 6.79. The van der Waals surface area contributed by atoms with Crippen LogP contribution in [0.25, 0.3) is 0 Å². The van der Waals surface area contributed by atoms with Gasteiger partial charge < -0.3 is 4.74 Å². The average Bonchev–Trinajstić information content (AvgIpc) is 3.15. The van der Waals surface area contributed by atoms with Gasteiger partial charge in [0.1, 0.15) is 18.9 Å². The number of hydrogen-bond donors (Lipinski definition) is 2. The summed E-state index contributed by atoms with van der Waals surface area (Å²) in [6, 6.07) is 9.87. The summed E-state index contributed by atoms with van der Waals surface area (Å²) in [5, 5.41) is 4.98. The third-order valence-electron chi connectivity index (χ3n) is 3.09. The molecule has 2 heterocycles. The molecule has 8 heteroatoms. The fourth-order valence-electron chi connectivity index (χ4n) is 2.00. The number of imide groups is 1. The van der Waals surface area contributed by atoms with Crippen molar-refractivity contribution in [2.24, 2.45) is 0 Å². The maximum absolute atomic E-state index is 12.1. The van der Waals surface area contributed by atoms with E-state index >= 15 is 0 Å². The van der Waals surface area contributed by atoms with E-state index in [1.54, 1.807) is 35.6 Å². The van der Waals surface area contributed by atoms with E-state index in [2.05, 4.69) is 10.7 Å². The number of thiophene rings is 1. The van der Waals surface area contributed by atoms with Crippen LogP contribution in [0.15, 0.2) is 41.8 Å². The summed E-state index contributed by atoms with van der Waals surface area (Å²) in [7, 11) is 0. The molecule has 1 saturated heterocycles. The van der Waals surface area contributed by atoms with E-state index in [9.17, 15) is 14.4 Å². The zero-order valence-electron chi connectivity index (χ0n) is 11.9. The quantitative estimate of drug-likeness (QED) is 0.813. The molecule has 1 aromatic heterocycles. The van der Waals surface area contributed by atoms with Crippen LogP contribution in [0.1, 0.15) is 15.2 Å². The van der Waals surface area contributed by atoms with Crippen LogP contribution in [0.3, 0.4) is 0 Å². The molecule has 23 heavy (non-hydrogen) atoms. The van der Waals surface area contributed by atoms with Crippen molar-refractivity contribution < 1.29 is 19.1 Å². The minimum Gasteiger partial charge on any atom is -0.488 e. The smallest absolute Gasteiger partial charge is 0.343 e. The van der Waals surface area contributed by atoms with Crippen LogP contribution in [0.2, 0.25) is 0 Å². The normalized spacial score (nSPS) is 13.8. The fraction of sp³-hybridized carbons (Fsp3) is 0.133. The molecule has 1 aliphatic heterocycles. The summed E-state index contributed by atoms with van der Waals surface area (Å²) < 4.78 is 5.63. The monoisotopic (exact) mass is 331 g/mol. The number of urea groups is 1. The highest BCUT2D eigenvalue weighted by Crippen LogP contribution is 2.17. The fourth-order valence-corrected chi connectivity index (χ4v) is 2.61. The Morgan fingerprint density at radius 1 is 1.30 bits per heavy atom. The summed E-state index contributed by atoms with van der Waals surface area (Å²) in [5.41, 5.74) is 2.71. The van der Waals surface area contributed by atoms with Gasteiger partial charge in [-0.3, -0.25) is 20.3 Å². The predicted molar refractivity (Wildman–Crippen MR) is 82.8 cm³/mol. The number of carbonyl (C=O) groups excluding carboxylic acids is 3. The van der Waals surface area contributed by atoms with E-state index in [0.29, 0.717) is 17.9 Å². The van der Waals surface area contributed by atoms with Crippen molar-refractivity contribution in [3.05, 3.63) is 52.2 Å². The van der Waals surface area contributed by atoms with E-state index in [1.807, 2.05) is 17.5 Å². The van der Waals surface area contributed by atoms with Crippen LogP contribution in [0, 0.1) is 0 Å². The summed E-state index contributed by atoms with van der Waals surface area (Å²) >= 11 is 1.59. The largest absolute Gasteiger partial charge is 0.488 e. The Morgan fingerprint density at radius 2 is 2.17 bits per heavy atom. The number of carbonyl (C=O) groups is 3. The number of nitrogens with one attached hydrogen (secondary N) is 2. The van der Waals surface area contributed by atoms with E-state index in [1.165, 1.54) is 0 Å². The maximum atomic E-state index is 12.1. The minimum absolute atomic E-state index is 0.195. The lowest BCUT2D eigenvalue weighted by molar-refractivity contribution is -0.118. The second-order valence-corrected chi connectivity index (χ2v) is 5.81. The molecule has 2 aromatic rings. The Morgan fingerprint density at radius 3 is 2.87 bits per heavy atom. The summed E-state index contributed by atoms with van der Waals surface area (Å²) in [5.74, 6) is -0.396. The van der Waals surface area contributed by atoms with Gasteiger partial charge in [0.2, 0.25) is 5.91 Å². The van der Waals surface area contributed by atoms with Gasteiger partial charge in [-0.1, -0.05) is 12.1 Å². The van der Waals surface area contributed by atoms with Crippen LogP contribution < -0.4 is 15.5 Å². The molecule has 0 spiro atoms. The van der Waals surface area contributed by atoms with E-state index in [4.69, 9.17) is 4.74 Å². The second-order valence-electron chi connectivity index (χ2n) is 4.78. The Hall–Kier alpha value is -2.87. The number of nitrogens with zero attached hydrogens (tertiary/aromatic N) is 1. The van der Waals surface area contributed by atoms with Crippen LogP contribution in [-0.2, 0) is 11.4 Å². The number of amides is 4. The van der Waals surface area contributed by atoms with E-state index in [-0.39, 0.29) is 6.54 Å².